The van der Waals surface area contributed by atoms with Crippen LogP contribution in [0.5, 0.6) is 0 Å². The largest absolute Gasteiger partial charge is 0.376 e. The van der Waals surface area contributed by atoms with E-state index in [-0.39, 0.29) is 17.8 Å². The Bertz CT molecular complexity index is 413. The van der Waals surface area contributed by atoms with Crippen molar-refractivity contribution in [3.05, 3.63) is 34.9 Å². The van der Waals surface area contributed by atoms with Crippen LogP contribution < -0.4 is 0 Å². The minimum atomic E-state index is 0.0156. The average Bonchev–Trinajstić information content (AvgIpc) is 2.39. The molecule has 2 atom stereocenters. The van der Waals surface area contributed by atoms with Gasteiger partial charge in [0, 0.05) is 17.0 Å². The highest BCUT2D eigenvalue weighted by molar-refractivity contribution is 6.31. The Labute approximate surface area is 112 Å². The van der Waals surface area contributed by atoms with Gasteiger partial charge < -0.3 is 9.47 Å². The molecular weight excluding hydrogens is 252 g/mol. The number of halogens is 1. The predicted octanol–water partition coefficient (Wildman–Crippen LogP) is 2.96. The van der Waals surface area contributed by atoms with Crippen LogP contribution in [0.25, 0.3) is 0 Å². The Morgan fingerprint density at radius 3 is 3.00 bits per heavy atom. The molecule has 98 valence electrons. The fraction of sp³-hybridized carbons (Fsp3) is 0.500. The van der Waals surface area contributed by atoms with E-state index in [1.54, 1.807) is 24.3 Å². The number of ketones is 1. The first-order valence-corrected chi connectivity index (χ1v) is 6.52. The fourth-order valence-electron chi connectivity index (χ4n) is 2.04. The molecule has 2 rings (SSSR count). The summed E-state index contributed by atoms with van der Waals surface area (Å²) in [6.45, 7) is 3.84. The number of rotatable bonds is 4. The van der Waals surface area contributed by atoms with Crippen molar-refractivity contribution in [2.45, 2.75) is 19.4 Å². The second kappa shape index (κ2) is 6.32. The number of hydrogen-bond donors (Lipinski definition) is 0. The van der Waals surface area contributed by atoms with Crippen LogP contribution in [-0.2, 0) is 9.47 Å². The Morgan fingerprint density at radius 2 is 2.33 bits per heavy atom. The summed E-state index contributed by atoms with van der Waals surface area (Å²) in [5, 5.41) is 0.589. The van der Waals surface area contributed by atoms with E-state index >= 15 is 0 Å². The number of benzene rings is 1. The van der Waals surface area contributed by atoms with Crippen LogP contribution in [0.1, 0.15) is 23.7 Å². The summed E-state index contributed by atoms with van der Waals surface area (Å²) in [6.07, 6.45) is 0.468. The lowest BCUT2D eigenvalue weighted by Gasteiger charge is -2.27. The van der Waals surface area contributed by atoms with E-state index in [2.05, 4.69) is 0 Å². The highest BCUT2D eigenvalue weighted by Gasteiger charge is 2.24. The summed E-state index contributed by atoms with van der Waals surface area (Å²) in [5.74, 6) is 0.246. The molecule has 18 heavy (non-hydrogen) atoms. The van der Waals surface area contributed by atoms with E-state index in [9.17, 15) is 4.79 Å². The Kier molecular flexibility index (Phi) is 4.75. The zero-order chi connectivity index (χ0) is 13.0. The first kappa shape index (κ1) is 13.5. The van der Waals surface area contributed by atoms with Gasteiger partial charge in [0.1, 0.15) is 0 Å². The first-order valence-electron chi connectivity index (χ1n) is 6.15. The van der Waals surface area contributed by atoms with Crippen LogP contribution in [0.2, 0.25) is 5.02 Å². The monoisotopic (exact) mass is 268 g/mol. The van der Waals surface area contributed by atoms with E-state index in [4.69, 9.17) is 21.1 Å². The molecule has 1 heterocycles. The van der Waals surface area contributed by atoms with Gasteiger partial charge in [0.25, 0.3) is 0 Å². The van der Waals surface area contributed by atoms with Crippen molar-refractivity contribution in [3.63, 3.8) is 0 Å². The van der Waals surface area contributed by atoms with Gasteiger partial charge in [-0.2, -0.15) is 0 Å². The van der Waals surface area contributed by atoms with E-state index in [1.807, 2.05) is 6.92 Å². The van der Waals surface area contributed by atoms with Crippen molar-refractivity contribution in [2.24, 2.45) is 5.92 Å². The molecule has 0 spiro atoms. The third kappa shape index (κ3) is 3.55. The van der Waals surface area contributed by atoms with Crippen molar-refractivity contribution >= 4 is 17.4 Å². The van der Waals surface area contributed by atoms with Crippen molar-refractivity contribution in [2.75, 3.05) is 19.8 Å². The maximum absolute atomic E-state index is 12.1. The van der Waals surface area contributed by atoms with Gasteiger partial charge in [-0.25, -0.2) is 0 Å². The molecule has 3 nitrogen and oxygen atoms in total. The van der Waals surface area contributed by atoms with Crippen LogP contribution >= 0.6 is 11.6 Å². The van der Waals surface area contributed by atoms with Crippen LogP contribution in [0.3, 0.4) is 0 Å². The Balaban J connectivity index is 1.94. The van der Waals surface area contributed by atoms with E-state index in [0.717, 1.165) is 0 Å². The zero-order valence-corrected chi connectivity index (χ0v) is 11.2. The summed E-state index contributed by atoms with van der Waals surface area (Å²) in [7, 11) is 0. The molecule has 4 heteroatoms. The third-order valence-corrected chi connectivity index (χ3v) is 3.37. The molecule has 1 aromatic carbocycles. The minimum Gasteiger partial charge on any atom is -0.376 e. The zero-order valence-electron chi connectivity index (χ0n) is 10.4. The van der Waals surface area contributed by atoms with Crippen molar-refractivity contribution in [1.82, 2.24) is 0 Å². The Hall–Kier alpha value is -0.900. The molecule has 1 fully saturated rings. The summed E-state index contributed by atoms with van der Waals surface area (Å²) in [5.41, 5.74) is 0.658. The molecule has 1 aliphatic rings. The molecule has 0 aromatic heterocycles. The van der Waals surface area contributed by atoms with Gasteiger partial charge >= 0.3 is 0 Å². The second-order valence-electron chi connectivity index (χ2n) is 4.60. The third-order valence-electron chi connectivity index (χ3n) is 3.13. The average molecular weight is 269 g/mol. The van der Waals surface area contributed by atoms with Crippen molar-refractivity contribution in [3.8, 4) is 0 Å². The van der Waals surface area contributed by atoms with Crippen LogP contribution in [-0.4, -0.2) is 31.7 Å². The normalized spacial score (nSPS) is 21.6. The van der Waals surface area contributed by atoms with Crippen molar-refractivity contribution < 1.29 is 14.3 Å². The fourth-order valence-corrected chi connectivity index (χ4v) is 2.23. The highest BCUT2D eigenvalue weighted by Crippen LogP contribution is 2.19. The number of carbonyl (C=O) groups excluding carboxylic acids is 1. The van der Waals surface area contributed by atoms with Gasteiger partial charge in [0.05, 0.1) is 25.9 Å². The lowest BCUT2D eigenvalue weighted by molar-refractivity contribution is -0.107. The molecule has 0 amide bonds. The Morgan fingerprint density at radius 1 is 1.50 bits per heavy atom. The lowest BCUT2D eigenvalue weighted by atomic mass is 9.95. The summed E-state index contributed by atoms with van der Waals surface area (Å²) in [6, 6.07) is 7.05. The maximum Gasteiger partial charge on any atom is 0.163 e. The molecule has 0 bridgehead atoms. The second-order valence-corrected chi connectivity index (χ2v) is 5.04. The van der Waals surface area contributed by atoms with Crippen LogP contribution in [0, 0.1) is 5.92 Å². The van der Waals surface area contributed by atoms with E-state index in [1.165, 1.54) is 0 Å². The molecule has 0 aliphatic carbocycles. The number of ether oxygens (including phenoxy) is 2. The molecule has 0 N–H and O–H groups in total. The highest BCUT2D eigenvalue weighted by atomic mass is 35.5. The van der Waals surface area contributed by atoms with E-state index < -0.39 is 0 Å². The first-order chi connectivity index (χ1) is 8.66. The molecular formula is C14H17ClO3. The topological polar surface area (TPSA) is 35.5 Å². The van der Waals surface area contributed by atoms with Gasteiger partial charge in [-0.05, 0) is 18.1 Å². The lowest BCUT2D eigenvalue weighted by Crippen LogP contribution is -2.34. The standard InChI is InChI=1S/C14H17ClO3/c1-10(14-9-17-5-6-18-14)7-13(16)11-3-2-4-12(15)8-11/h2-4,8,10,14H,5-7,9H2,1H3. The predicted molar refractivity (Wildman–Crippen MR) is 70.1 cm³/mol. The number of carbonyl (C=O) groups is 1. The summed E-state index contributed by atoms with van der Waals surface area (Å²) >= 11 is 5.88. The number of hydrogen-bond acceptors (Lipinski definition) is 3. The van der Waals surface area contributed by atoms with Crippen LogP contribution in [0.15, 0.2) is 24.3 Å². The summed E-state index contributed by atoms with van der Waals surface area (Å²) < 4.78 is 10.9. The van der Waals surface area contributed by atoms with Gasteiger partial charge in [0.2, 0.25) is 0 Å². The number of Topliss-reactive ketones (excluding diaryl/α,β-unsaturated/α-hetero) is 1. The van der Waals surface area contributed by atoms with Crippen LogP contribution in [0.4, 0.5) is 0 Å². The van der Waals surface area contributed by atoms with Gasteiger partial charge in [-0.3, -0.25) is 4.79 Å². The smallest absolute Gasteiger partial charge is 0.163 e. The quantitative estimate of drug-likeness (QED) is 0.788. The molecule has 1 aromatic rings. The molecule has 0 saturated carbocycles. The molecule has 1 saturated heterocycles. The minimum absolute atomic E-state index is 0.0156. The van der Waals surface area contributed by atoms with Gasteiger partial charge in [-0.15, -0.1) is 0 Å². The van der Waals surface area contributed by atoms with Gasteiger partial charge in [0.15, 0.2) is 5.78 Å². The summed E-state index contributed by atoms with van der Waals surface area (Å²) in [4.78, 5) is 12.1. The maximum atomic E-state index is 12.1. The molecule has 2 unspecified atom stereocenters. The van der Waals surface area contributed by atoms with Gasteiger partial charge in [-0.1, -0.05) is 30.7 Å². The SMILES string of the molecule is CC(CC(=O)c1cccc(Cl)c1)C1COCCO1. The van der Waals surface area contributed by atoms with Crippen molar-refractivity contribution in [1.29, 1.82) is 0 Å². The molecule has 1 aliphatic heterocycles. The molecule has 0 radical (unpaired) electrons. The van der Waals surface area contributed by atoms with E-state index in [0.29, 0.717) is 36.8 Å².